The van der Waals surface area contributed by atoms with Crippen LogP contribution in [0.4, 0.5) is 0 Å². The molecule has 0 bridgehead atoms. The zero-order valence-corrected chi connectivity index (χ0v) is 17.3. The minimum absolute atomic E-state index is 0.0336. The first kappa shape index (κ1) is 21.0. The van der Waals surface area contributed by atoms with Crippen LogP contribution >= 0.6 is 0 Å². The smallest absolute Gasteiger partial charge is 0.267 e. The maximum atomic E-state index is 12.8. The van der Waals surface area contributed by atoms with Crippen LogP contribution in [0.1, 0.15) is 52.5 Å². The van der Waals surface area contributed by atoms with Gasteiger partial charge in [0, 0.05) is 23.7 Å². The van der Waals surface area contributed by atoms with E-state index in [0.717, 1.165) is 24.8 Å². The number of hydrazine groups is 1. The molecule has 0 aromatic heterocycles. The molecular weight excluding hydrogens is 390 g/mol. The van der Waals surface area contributed by atoms with Gasteiger partial charge in [0.2, 0.25) is 10.0 Å². The maximum absolute atomic E-state index is 12.8. The van der Waals surface area contributed by atoms with Crippen LogP contribution in [0.3, 0.4) is 0 Å². The topological polar surface area (TPSA) is 95.6 Å². The van der Waals surface area contributed by atoms with Gasteiger partial charge < -0.3 is 0 Å². The lowest BCUT2D eigenvalue weighted by Gasteiger charge is -2.32. The molecule has 2 N–H and O–H groups in total. The summed E-state index contributed by atoms with van der Waals surface area (Å²) in [4.78, 5) is 24.5. The van der Waals surface area contributed by atoms with Gasteiger partial charge in [-0.15, -0.1) is 0 Å². The van der Waals surface area contributed by atoms with Gasteiger partial charge in [0.15, 0.2) is 0 Å². The molecule has 1 aliphatic rings. The number of benzene rings is 2. The van der Waals surface area contributed by atoms with Crippen molar-refractivity contribution in [3.8, 4) is 0 Å². The quantitative estimate of drug-likeness (QED) is 0.751. The average molecular weight is 416 g/mol. The molecule has 0 saturated carbocycles. The van der Waals surface area contributed by atoms with Crippen molar-refractivity contribution < 1.29 is 18.0 Å². The highest BCUT2D eigenvalue weighted by Crippen LogP contribution is 2.25. The summed E-state index contributed by atoms with van der Waals surface area (Å²) in [6.45, 7) is 4.34. The van der Waals surface area contributed by atoms with E-state index < -0.39 is 21.8 Å². The van der Waals surface area contributed by atoms with Crippen molar-refractivity contribution in [3.05, 3.63) is 65.2 Å². The summed E-state index contributed by atoms with van der Waals surface area (Å²) in [5, 5.41) is 0. The highest BCUT2D eigenvalue weighted by atomic mass is 32.2. The van der Waals surface area contributed by atoms with Crippen LogP contribution < -0.4 is 10.9 Å². The lowest BCUT2D eigenvalue weighted by Crippen LogP contribution is -2.42. The third-order valence-electron chi connectivity index (χ3n) is 5.07. The molecule has 1 atom stereocenters. The molecule has 1 heterocycles. The third kappa shape index (κ3) is 4.83. The van der Waals surface area contributed by atoms with E-state index in [1.165, 1.54) is 28.6 Å². The van der Waals surface area contributed by atoms with Gasteiger partial charge in [-0.3, -0.25) is 20.4 Å². The number of carbonyl (C=O) groups is 2. The number of sulfonamides is 1. The van der Waals surface area contributed by atoms with Crippen LogP contribution in [0.15, 0.2) is 53.4 Å². The first-order valence-electron chi connectivity index (χ1n) is 9.58. The highest BCUT2D eigenvalue weighted by molar-refractivity contribution is 7.89. The first-order valence-corrected chi connectivity index (χ1v) is 11.0. The number of piperidine rings is 1. The lowest BCUT2D eigenvalue weighted by atomic mass is 10.1. The van der Waals surface area contributed by atoms with Crippen LogP contribution in [0, 0.1) is 6.92 Å². The third-order valence-corrected chi connectivity index (χ3v) is 7.10. The summed E-state index contributed by atoms with van der Waals surface area (Å²) < 4.78 is 27.2. The van der Waals surface area contributed by atoms with E-state index in [1.807, 2.05) is 13.8 Å². The largest absolute Gasteiger partial charge is 0.269 e. The van der Waals surface area contributed by atoms with Gasteiger partial charge in [-0.25, -0.2) is 8.42 Å². The number of hydrogen-bond donors (Lipinski definition) is 2. The number of carbonyl (C=O) groups excluding carboxylic acids is 2. The second-order valence-corrected chi connectivity index (χ2v) is 9.15. The highest BCUT2D eigenvalue weighted by Gasteiger charge is 2.30. The fourth-order valence-corrected chi connectivity index (χ4v) is 5.00. The fourth-order valence-electron chi connectivity index (χ4n) is 3.31. The molecule has 1 fully saturated rings. The number of nitrogens with one attached hydrogen (secondary N) is 2. The Morgan fingerprint density at radius 3 is 1.93 bits per heavy atom. The molecule has 154 valence electrons. The molecule has 7 nitrogen and oxygen atoms in total. The first-order chi connectivity index (χ1) is 13.8. The minimum Gasteiger partial charge on any atom is -0.267 e. The van der Waals surface area contributed by atoms with Crippen molar-refractivity contribution in [1.29, 1.82) is 0 Å². The maximum Gasteiger partial charge on any atom is 0.269 e. The van der Waals surface area contributed by atoms with Crippen molar-refractivity contribution in [2.45, 2.75) is 44.0 Å². The predicted octanol–water partition coefficient (Wildman–Crippen LogP) is 2.63. The SMILES string of the molecule is Cc1ccc(C(=O)NNC(=O)c2ccc(S(=O)(=O)N3CCCC[C@@H]3C)cc2)cc1. The van der Waals surface area contributed by atoms with Crippen molar-refractivity contribution in [1.82, 2.24) is 15.2 Å². The van der Waals surface area contributed by atoms with E-state index in [-0.39, 0.29) is 16.5 Å². The molecule has 2 aromatic carbocycles. The second-order valence-electron chi connectivity index (χ2n) is 7.26. The summed E-state index contributed by atoms with van der Waals surface area (Å²) in [6.07, 6.45) is 2.73. The van der Waals surface area contributed by atoms with Crippen LogP contribution in [0.5, 0.6) is 0 Å². The predicted molar refractivity (Wildman–Crippen MR) is 110 cm³/mol. The molecule has 2 amide bonds. The van der Waals surface area contributed by atoms with E-state index >= 15 is 0 Å². The number of rotatable bonds is 4. The zero-order valence-electron chi connectivity index (χ0n) is 16.5. The minimum atomic E-state index is -3.59. The van der Waals surface area contributed by atoms with Crippen LogP contribution in [-0.4, -0.2) is 37.1 Å². The summed E-state index contributed by atoms with van der Waals surface area (Å²) in [6, 6.07) is 12.6. The van der Waals surface area contributed by atoms with Gasteiger partial charge in [-0.2, -0.15) is 4.31 Å². The number of aryl methyl sites for hydroxylation is 1. The molecule has 0 aliphatic carbocycles. The number of hydrogen-bond acceptors (Lipinski definition) is 4. The molecule has 0 unspecified atom stereocenters. The Bertz CT molecular complexity index is 986. The number of amides is 2. The summed E-state index contributed by atoms with van der Waals surface area (Å²) in [5.74, 6) is -0.961. The lowest BCUT2D eigenvalue weighted by molar-refractivity contribution is 0.0846. The van der Waals surface area contributed by atoms with Gasteiger partial charge in [0.1, 0.15) is 0 Å². The van der Waals surface area contributed by atoms with Crippen LogP contribution in [0.25, 0.3) is 0 Å². The monoisotopic (exact) mass is 415 g/mol. The summed E-state index contributed by atoms with van der Waals surface area (Å²) in [5.41, 5.74) is 6.40. The van der Waals surface area contributed by atoms with E-state index in [0.29, 0.717) is 12.1 Å². The molecule has 3 rings (SSSR count). The van der Waals surface area contributed by atoms with Gasteiger partial charge in [0.05, 0.1) is 4.90 Å². The van der Waals surface area contributed by atoms with E-state index in [2.05, 4.69) is 10.9 Å². The molecule has 0 radical (unpaired) electrons. The fraction of sp³-hybridized carbons (Fsp3) is 0.333. The molecule has 1 saturated heterocycles. The van der Waals surface area contributed by atoms with Gasteiger partial charge in [-0.1, -0.05) is 24.1 Å². The molecule has 1 aliphatic heterocycles. The van der Waals surface area contributed by atoms with E-state index in [4.69, 9.17) is 0 Å². The Kier molecular flexibility index (Phi) is 6.34. The van der Waals surface area contributed by atoms with E-state index in [1.54, 1.807) is 24.3 Å². The van der Waals surface area contributed by atoms with Gasteiger partial charge >= 0.3 is 0 Å². The van der Waals surface area contributed by atoms with E-state index in [9.17, 15) is 18.0 Å². The van der Waals surface area contributed by atoms with Gasteiger partial charge in [0.25, 0.3) is 11.8 Å². The van der Waals surface area contributed by atoms with Gasteiger partial charge in [-0.05, 0) is 63.1 Å². The summed E-state index contributed by atoms with van der Waals surface area (Å²) in [7, 11) is -3.59. The average Bonchev–Trinajstić information content (AvgIpc) is 2.72. The Labute approximate surface area is 171 Å². The molecule has 0 spiro atoms. The summed E-state index contributed by atoms with van der Waals surface area (Å²) >= 11 is 0. The number of nitrogens with zero attached hydrogens (tertiary/aromatic N) is 1. The van der Waals surface area contributed by atoms with Crippen molar-refractivity contribution >= 4 is 21.8 Å². The zero-order chi connectivity index (χ0) is 21.0. The second kappa shape index (κ2) is 8.75. The molecule has 8 heteroatoms. The van der Waals surface area contributed by atoms with Crippen LogP contribution in [0.2, 0.25) is 0 Å². The van der Waals surface area contributed by atoms with Crippen LogP contribution in [-0.2, 0) is 10.0 Å². The Balaban J connectivity index is 1.64. The molecule has 29 heavy (non-hydrogen) atoms. The van der Waals surface area contributed by atoms with Crippen molar-refractivity contribution in [2.75, 3.05) is 6.54 Å². The normalized spacial score (nSPS) is 17.5. The Morgan fingerprint density at radius 2 is 1.41 bits per heavy atom. The Hall–Kier alpha value is -2.71. The molecular formula is C21H25N3O4S. The molecule has 2 aromatic rings. The standard InChI is InChI=1S/C21H25N3O4S/c1-15-6-8-17(9-7-15)20(25)22-23-21(26)18-10-12-19(13-11-18)29(27,28)24-14-4-3-5-16(24)2/h6-13,16H,3-5,14H2,1-2H3,(H,22,25)(H,23,26)/t16-/m0/s1. The van der Waals surface area contributed by atoms with Crippen molar-refractivity contribution in [2.24, 2.45) is 0 Å². The Morgan fingerprint density at radius 1 is 0.897 bits per heavy atom. The van der Waals surface area contributed by atoms with Crippen molar-refractivity contribution in [3.63, 3.8) is 0 Å².